The molecule has 1 N–H and O–H groups in total. The largest absolute Gasteiger partial charge is 0.385 e. The van der Waals surface area contributed by atoms with Gasteiger partial charge >= 0.3 is 0 Å². The van der Waals surface area contributed by atoms with Gasteiger partial charge in [-0.3, -0.25) is 0 Å². The van der Waals surface area contributed by atoms with Crippen LogP contribution in [0.4, 0.5) is 0 Å². The van der Waals surface area contributed by atoms with Crippen LogP contribution in [-0.4, -0.2) is 5.11 Å². The molecule has 0 radical (unpaired) electrons. The number of thiophene rings is 1. The fourth-order valence-electron chi connectivity index (χ4n) is 2.98. The molecular formula is C16H17BrOS. The highest BCUT2D eigenvalue weighted by Gasteiger charge is 2.33. The van der Waals surface area contributed by atoms with Gasteiger partial charge in [0, 0.05) is 21.2 Å². The third-order valence-corrected chi connectivity index (χ3v) is 5.59. The number of hydrogen-bond acceptors (Lipinski definition) is 2. The Kier molecular flexibility index (Phi) is 3.79. The molecule has 0 fully saturated rings. The Morgan fingerprint density at radius 2 is 2.11 bits per heavy atom. The van der Waals surface area contributed by atoms with E-state index in [2.05, 4.69) is 45.6 Å². The summed E-state index contributed by atoms with van der Waals surface area (Å²) in [5.41, 5.74) is 1.76. The molecule has 3 rings (SSSR count). The van der Waals surface area contributed by atoms with Gasteiger partial charge in [0.2, 0.25) is 0 Å². The summed E-state index contributed by atoms with van der Waals surface area (Å²) in [4.78, 5) is 1.24. The van der Waals surface area contributed by atoms with Gasteiger partial charge in [0.05, 0.1) is 5.60 Å². The number of rotatable bonds is 2. The second kappa shape index (κ2) is 5.39. The van der Waals surface area contributed by atoms with Crippen LogP contribution in [-0.2, 0) is 18.4 Å². The Bertz CT molecular complexity index is 578. The molecule has 1 unspecified atom stereocenters. The number of aliphatic hydroxyl groups is 1. The van der Waals surface area contributed by atoms with E-state index < -0.39 is 5.60 Å². The average molecular weight is 337 g/mol. The van der Waals surface area contributed by atoms with Gasteiger partial charge in [0.1, 0.15) is 0 Å². The van der Waals surface area contributed by atoms with E-state index >= 15 is 0 Å². The van der Waals surface area contributed by atoms with Gasteiger partial charge in [-0.1, -0.05) is 24.3 Å². The minimum absolute atomic E-state index is 0.697. The molecule has 1 nitrogen and oxygen atoms in total. The SMILES string of the molecule is OC1(Cc2cc(Br)cs2)CCCCc2ccccc21. The molecular weight excluding hydrogens is 320 g/mol. The van der Waals surface area contributed by atoms with Crippen LogP contribution in [0.3, 0.4) is 0 Å². The van der Waals surface area contributed by atoms with Gasteiger partial charge in [0.15, 0.2) is 0 Å². The molecule has 100 valence electrons. The first-order chi connectivity index (χ1) is 9.17. The molecule has 1 aromatic carbocycles. The maximum Gasteiger partial charge on any atom is 0.0947 e. The Balaban J connectivity index is 1.97. The number of fused-ring (bicyclic) bond motifs is 1. The third kappa shape index (κ3) is 2.78. The van der Waals surface area contributed by atoms with E-state index in [1.54, 1.807) is 11.3 Å². The molecule has 1 aliphatic rings. The molecule has 1 heterocycles. The van der Waals surface area contributed by atoms with E-state index in [9.17, 15) is 5.11 Å². The molecule has 0 aliphatic heterocycles. The minimum atomic E-state index is -0.697. The molecule has 1 aliphatic carbocycles. The lowest BCUT2D eigenvalue weighted by atomic mass is 9.85. The van der Waals surface area contributed by atoms with E-state index in [0.717, 1.165) is 35.7 Å². The smallest absolute Gasteiger partial charge is 0.0947 e. The van der Waals surface area contributed by atoms with Crippen LogP contribution in [0.5, 0.6) is 0 Å². The van der Waals surface area contributed by atoms with Crippen molar-refractivity contribution >= 4 is 27.3 Å². The maximum atomic E-state index is 11.2. The average Bonchev–Trinajstić information content (AvgIpc) is 2.72. The van der Waals surface area contributed by atoms with Crippen LogP contribution < -0.4 is 0 Å². The topological polar surface area (TPSA) is 20.2 Å². The Morgan fingerprint density at radius 3 is 2.89 bits per heavy atom. The summed E-state index contributed by atoms with van der Waals surface area (Å²) in [6.07, 6.45) is 4.94. The normalized spacial score (nSPS) is 22.8. The molecule has 0 spiro atoms. The van der Waals surface area contributed by atoms with Gasteiger partial charge in [-0.2, -0.15) is 0 Å². The fourth-order valence-corrected chi connectivity index (χ4v) is 4.54. The Hall–Kier alpha value is -0.640. The summed E-state index contributed by atoms with van der Waals surface area (Å²) < 4.78 is 1.11. The van der Waals surface area contributed by atoms with E-state index in [-0.39, 0.29) is 0 Å². The second-order valence-electron chi connectivity index (χ2n) is 5.30. The van der Waals surface area contributed by atoms with Gasteiger partial charge in [0.25, 0.3) is 0 Å². The van der Waals surface area contributed by atoms with Gasteiger partial charge < -0.3 is 5.11 Å². The molecule has 3 heteroatoms. The summed E-state index contributed by atoms with van der Waals surface area (Å²) in [5, 5.41) is 13.2. The van der Waals surface area contributed by atoms with Crippen molar-refractivity contribution in [2.24, 2.45) is 0 Å². The zero-order valence-corrected chi connectivity index (χ0v) is 13.1. The highest BCUT2D eigenvalue weighted by molar-refractivity contribution is 9.10. The molecule has 0 bridgehead atoms. The molecule has 1 aromatic heterocycles. The van der Waals surface area contributed by atoms with Crippen molar-refractivity contribution in [2.75, 3.05) is 0 Å². The van der Waals surface area contributed by atoms with E-state index in [0.29, 0.717) is 0 Å². The predicted molar refractivity (Wildman–Crippen MR) is 83.6 cm³/mol. The van der Waals surface area contributed by atoms with Crippen LogP contribution in [0.15, 0.2) is 40.2 Å². The fraction of sp³-hybridized carbons (Fsp3) is 0.375. The van der Waals surface area contributed by atoms with Crippen molar-refractivity contribution in [1.82, 2.24) is 0 Å². The summed E-state index contributed by atoms with van der Waals surface area (Å²) in [7, 11) is 0. The highest BCUT2D eigenvalue weighted by atomic mass is 79.9. The second-order valence-corrected chi connectivity index (χ2v) is 7.22. The first-order valence-corrected chi connectivity index (χ1v) is 8.38. The number of benzene rings is 1. The first-order valence-electron chi connectivity index (χ1n) is 6.71. The molecule has 1 atom stereocenters. The molecule has 0 saturated heterocycles. The van der Waals surface area contributed by atoms with E-state index in [1.807, 2.05) is 6.07 Å². The van der Waals surface area contributed by atoms with Crippen LogP contribution in [0.25, 0.3) is 0 Å². The van der Waals surface area contributed by atoms with Crippen molar-refractivity contribution in [1.29, 1.82) is 0 Å². The zero-order chi connectivity index (χ0) is 13.3. The van der Waals surface area contributed by atoms with Crippen molar-refractivity contribution in [3.8, 4) is 0 Å². The maximum absolute atomic E-state index is 11.2. The van der Waals surface area contributed by atoms with Crippen LogP contribution in [0.1, 0.15) is 35.3 Å². The lowest BCUT2D eigenvalue weighted by Crippen LogP contribution is -2.28. The van der Waals surface area contributed by atoms with Crippen LogP contribution in [0.2, 0.25) is 0 Å². The Labute approximate surface area is 126 Å². The summed E-state index contributed by atoms with van der Waals surface area (Å²) in [6, 6.07) is 10.5. The predicted octanol–water partition coefficient (Wildman–Crippen LogP) is 4.67. The quantitative estimate of drug-likeness (QED) is 0.790. The monoisotopic (exact) mass is 336 g/mol. The van der Waals surface area contributed by atoms with Crippen molar-refractivity contribution in [3.63, 3.8) is 0 Å². The van der Waals surface area contributed by atoms with Gasteiger partial charge in [-0.15, -0.1) is 11.3 Å². The first kappa shape index (κ1) is 13.3. The Morgan fingerprint density at radius 1 is 1.26 bits per heavy atom. The lowest BCUT2D eigenvalue weighted by Gasteiger charge is -2.28. The number of aryl methyl sites for hydroxylation is 1. The molecule has 19 heavy (non-hydrogen) atoms. The summed E-state index contributed by atoms with van der Waals surface area (Å²) in [6.45, 7) is 0. The zero-order valence-electron chi connectivity index (χ0n) is 10.7. The van der Waals surface area contributed by atoms with Crippen LogP contribution >= 0.6 is 27.3 Å². The molecule has 0 amide bonds. The van der Waals surface area contributed by atoms with E-state index in [1.165, 1.54) is 16.9 Å². The third-order valence-electron chi connectivity index (χ3n) is 3.89. The van der Waals surface area contributed by atoms with Gasteiger partial charge in [-0.05, 0) is 58.8 Å². The number of hydrogen-bond donors (Lipinski definition) is 1. The molecule has 0 saturated carbocycles. The van der Waals surface area contributed by atoms with Crippen molar-refractivity contribution < 1.29 is 5.11 Å². The minimum Gasteiger partial charge on any atom is -0.385 e. The summed E-state index contributed by atoms with van der Waals surface area (Å²) >= 11 is 5.21. The number of halogens is 1. The summed E-state index contributed by atoms with van der Waals surface area (Å²) in [5.74, 6) is 0. The lowest BCUT2D eigenvalue weighted by molar-refractivity contribution is 0.0280. The van der Waals surface area contributed by atoms with Gasteiger partial charge in [-0.25, -0.2) is 0 Å². The van der Waals surface area contributed by atoms with Crippen molar-refractivity contribution in [3.05, 3.63) is 56.2 Å². The van der Waals surface area contributed by atoms with Crippen LogP contribution in [0, 0.1) is 0 Å². The molecule has 2 aromatic rings. The standard InChI is InChI=1S/C16H17BrOS/c17-13-9-14(19-11-13)10-16(18)8-4-3-6-12-5-1-2-7-15(12)16/h1-2,5,7,9,11,18H,3-4,6,8,10H2. The highest BCUT2D eigenvalue weighted by Crippen LogP contribution is 2.38. The van der Waals surface area contributed by atoms with E-state index in [4.69, 9.17) is 0 Å². The van der Waals surface area contributed by atoms with Crippen molar-refractivity contribution in [2.45, 2.75) is 37.7 Å².